The molecule has 0 N–H and O–H groups in total. The predicted octanol–water partition coefficient (Wildman–Crippen LogP) is 2.21. The number of nitriles is 1. The summed E-state index contributed by atoms with van der Waals surface area (Å²) in [6, 6.07) is 7.78. The van der Waals surface area contributed by atoms with Crippen LogP contribution < -0.4 is 4.84 Å². The first-order chi connectivity index (χ1) is 7.69. The maximum Gasteiger partial charge on any atom is 0.158 e. The van der Waals surface area contributed by atoms with Crippen molar-refractivity contribution < 1.29 is 4.84 Å². The number of aromatic nitrogens is 2. The molecule has 0 aliphatic rings. The molecule has 0 spiro atoms. The highest BCUT2D eigenvalue weighted by atomic mass is 16.7. The van der Waals surface area contributed by atoms with Crippen LogP contribution in [0.5, 0.6) is 5.75 Å². The molecule has 0 aliphatic heterocycles. The van der Waals surface area contributed by atoms with Gasteiger partial charge in [0.05, 0.1) is 18.0 Å². The summed E-state index contributed by atoms with van der Waals surface area (Å²) in [5, 5.41) is 12.5. The third-order valence-electron chi connectivity index (χ3n) is 2.37. The van der Waals surface area contributed by atoms with Crippen LogP contribution in [0.1, 0.15) is 16.7 Å². The molecule has 0 amide bonds. The van der Waals surface area contributed by atoms with Crippen molar-refractivity contribution in [3.05, 3.63) is 47.3 Å². The van der Waals surface area contributed by atoms with Gasteiger partial charge in [0, 0.05) is 0 Å². The van der Waals surface area contributed by atoms with Crippen molar-refractivity contribution in [2.24, 2.45) is 0 Å². The molecule has 0 bridgehead atoms. The normalized spacial score (nSPS) is 9.81. The lowest BCUT2D eigenvalue weighted by Gasteiger charge is -2.06. The second kappa shape index (κ2) is 4.07. The minimum atomic E-state index is 0.476. The monoisotopic (exact) mass is 213 g/mol. The van der Waals surface area contributed by atoms with Gasteiger partial charge in [0.25, 0.3) is 0 Å². The molecule has 4 heteroatoms. The number of rotatable bonds is 2. The van der Waals surface area contributed by atoms with Gasteiger partial charge in [-0.15, -0.1) is 5.10 Å². The van der Waals surface area contributed by atoms with Crippen LogP contribution in [-0.2, 0) is 0 Å². The first-order valence-corrected chi connectivity index (χ1v) is 4.89. The first kappa shape index (κ1) is 10.2. The fourth-order valence-electron chi connectivity index (χ4n) is 1.29. The smallest absolute Gasteiger partial charge is 0.158 e. The van der Waals surface area contributed by atoms with Crippen LogP contribution in [0, 0.1) is 25.2 Å². The van der Waals surface area contributed by atoms with Crippen LogP contribution in [-0.4, -0.2) is 9.94 Å². The molecule has 2 aromatic rings. The third-order valence-corrected chi connectivity index (χ3v) is 2.37. The number of benzene rings is 1. The highest BCUT2D eigenvalue weighted by Crippen LogP contribution is 2.16. The molecule has 0 atom stereocenters. The average Bonchev–Trinajstić information content (AvgIpc) is 2.71. The minimum Gasteiger partial charge on any atom is -0.358 e. The summed E-state index contributed by atoms with van der Waals surface area (Å²) in [6.45, 7) is 4.06. The summed E-state index contributed by atoms with van der Waals surface area (Å²) in [4.78, 5) is 6.73. The lowest BCUT2D eigenvalue weighted by Crippen LogP contribution is -2.05. The molecule has 0 aliphatic carbocycles. The van der Waals surface area contributed by atoms with E-state index in [4.69, 9.17) is 10.1 Å². The number of nitrogens with zero attached hydrogens (tertiary/aromatic N) is 3. The Morgan fingerprint density at radius 3 is 2.75 bits per heavy atom. The summed E-state index contributed by atoms with van der Waals surface area (Å²) < 4.78 is 0. The zero-order valence-electron chi connectivity index (χ0n) is 9.14. The Kier molecular flexibility index (Phi) is 2.61. The molecular weight excluding hydrogens is 202 g/mol. The molecule has 16 heavy (non-hydrogen) atoms. The Balaban J connectivity index is 2.21. The topological polar surface area (TPSA) is 50.8 Å². The van der Waals surface area contributed by atoms with Crippen molar-refractivity contribution in [1.29, 1.82) is 5.26 Å². The van der Waals surface area contributed by atoms with Crippen LogP contribution >= 0.6 is 0 Å². The molecule has 4 nitrogen and oxygen atoms in total. The van der Waals surface area contributed by atoms with Crippen LogP contribution in [0.25, 0.3) is 0 Å². The molecule has 0 unspecified atom stereocenters. The Labute approximate surface area is 93.7 Å². The molecule has 1 heterocycles. The zero-order chi connectivity index (χ0) is 11.5. The number of hydrogen-bond acceptors (Lipinski definition) is 3. The van der Waals surface area contributed by atoms with Crippen LogP contribution in [0.2, 0.25) is 0 Å². The molecule has 0 fully saturated rings. The molecular formula is C12H11N3O. The van der Waals surface area contributed by atoms with E-state index in [1.165, 1.54) is 22.8 Å². The van der Waals surface area contributed by atoms with E-state index in [2.05, 4.69) is 5.10 Å². The van der Waals surface area contributed by atoms with Crippen molar-refractivity contribution in [3.63, 3.8) is 0 Å². The van der Waals surface area contributed by atoms with Crippen LogP contribution in [0.3, 0.4) is 0 Å². The van der Waals surface area contributed by atoms with E-state index in [9.17, 15) is 0 Å². The molecule has 80 valence electrons. The van der Waals surface area contributed by atoms with Gasteiger partial charge in [0.15, 0.2) is 5.75 Å². The maximum atomic E-state index is 8.64. The van der Waals surface area contributed by atoms with E-state index < -0.39 is 0 Å². The summed E-state index contributed by atoms with van der Waals surface area (Å²) >= 11 is 0. The van der Waals surface area contributed by atoms with E-state index >= 15 is 0 Å². The Hall–Kier alpha value is -2.28. The molecule has 2 rings (SSSR count). The van der Waals surface area contributed by atoms with Crippen molar-refractivity contribution in [3.8, 4) is 11.8 Å². The van der Waals surface area contributed by atoms with E-state index in [0.717, 1.165) is 5.56 Å². The predicted molar refractivity (Wildman–Crippen MR) is 58.9 cm³/mol. The van der Waals surface area contributed by atoms with Gasteiger partial charge in [0.2, 0.25) is 0 Å². The number of aryl methyl sites for hydroxylation is 2. The third kappa shape index (κ3) is 2.04. The van der Waals surface area contributed by atoms with E-state index in [1.54, 1.807) is 0 Å². The summed E-state index contributed by atoms with van der Waals surface area (Å²) in [6.07, 6.45) is 3.00. The highest BCUT2D eigenvalue weighted by molar-refractivity contribution is 5.33. The maximum absolute atomic E-state index is 8.64. The van der Waals surface area contributed by atoms with Crippen molar-refractivity contribution in [2.45, 2.75) is 13.8 Å². The van der Waals surface area contributed by atoms with E-state index in [1.807, 2.05) is 38.1 Å². The average molecular weight is 213 g/mol. The van der Waals surface area contributed by atoms with E-state index in [0.29, 0.717) is 11.3 Å². The SMILES string of the molecule is Cc1ccc(On2cc(C#N)cn2)cc1C. The van der Waals surface area contributed by atoms with Crippen molar-refractivity contribution in [1.82, 2.24) is 9.94 Å². The summed E-state index contributed by atoms with van der Waals surface area (Å²) in [5.74, 6) is 0.704. The fourth-order valence-corrected chi connectivity index (χ4v) is 1.29. The summed E-state index contributed by atoms with van der Waals surface area (Å²) in [7, 11) is 0. The molecule has 1 aromatic heterocycles. The fraction of sp³-hybridized carbons (Fsp3) is 0.167. The van der Waals surface area contributed by atoms with Gasteiger partial charge in [-0.05, 0) is 37.1 Å². The lowest BCUT2D eigenvalue weighted by molar-refractivity contribution is 0.178. The zero-order valence-corrected chi connectivity index (χ0v) is 9.14. The van der Waals surface area contributed by atoms with Crippen LogP contribution in [0.4, 0.5) is 0 Å². The molecule has 0 saturated carbocycles. The van der Waals surface area contributed by atoms with Gasteiger partial charge in [-0.25, -0.2) is 0 Å². The van der Waals surface area contributed by atoms with Gasteiger partial charge in [-0.1, -0.05) is 10.9 Å². The Morgan fingerprint density at radius 2 is 2.12 bits per heavy atom. The quantitative estimate of drug-likeness (QED) is 0.768. The van der Waals surface area contributed by atoms with E-state index in [-0.39, 0.29) is 0 Å². The highest BCUT2D eigenvalue weighted by Gasteiger charge is 2.01. The first-order valence-electron chi connectivity index (χ1n) is 4.89. The largest absolute Gasteiger partial charge is 0.358 e. The van der Waals surface area contributed by atoms with Gasteiger partial charge in [-0.2, -0.15) is 5.26 Å². The second-order valence-electron chi connectivity index (χ2n) is 3.58. The standard InChI is InChI=1S/C12H11N3O/c1-9-3-4-12(5-10(9)2)16-15-8-11(6-13)7-14-15/h3-5,7-8H,1-2H3. The molecule has 0 radical (unpaired) electrons. The minimum absolute atomic E-state index is 0.476. The second-order valence-corrected chi connectivity index (χ2v) is 3.58. The Morgan fingerprint density at radius 1 is 1.31 bits per heavy atom. The van der Waals surface area contributed by atoms with Crippen molar-refractivity contribution in [2.75, 3.05) is 0 Å². The molecule has 0 saturated heterocycles. The molecule has 1 aromatic carbocycles. The van der Waals surface area contributed by atoms with Crippen molar-refractivity contribution >= 4 is 0 Å². The Bertz CT molecular complexity index is 552. The van der Waals surface area contributed by atoms with Gasteiger partial charge >= 0.3 is 0 Å². The van der Waals surface area contributed by atoms with Gasteiger partial charge in [0.1, 0.15) is 6.07 Å². The summed E-state index contributed by atoms with van der Waals surface area (Å²) in [5.41, 5.74) is 2.85. The number of hydrogen-bond donors (Lipinski definition) is 0. The lowest BCUT2D eigenvalue weighted by atomic mass is 10.1. The van der Waals surface area contributed by atoms with Gasteiger partial charge < -0.3 is 4.84 Å². The van der Waals surface area contributed by atoms with Crippen LogP contribution in [0.15, 0.2) is 30.6 Å². The van der Waals surface area contributed by atoms with Gasteiger partial charge in [-0.3, -0.25) is 0 Å².